The van der Waals surface area contributed by atoms with Crippen molar-refractivity contribution in [2.24, 2.45) is 0 Å². The highest BCUT2D eigenvalue weighted by Crippen LogP contribution is 2.19. The first-order valence-corrected chi connectivity index (χ1v) is 8.17. The molecule has 0 aliphatic carbocycles. The molecule has 0 bridgehead atoms. The van der Waals surface area contributed by atoms with Gasteiger partial charge in [0.1, 0.15) is 0 Å². The Morgan fingerprint density at radius 1 is 1.05 bits per heavy atom. The summed E-state index contributed by atoms with van der Waals surface area (Å²) in [6, 6.07) is 10.2. The van der Waals surface area contributed by atoms with Crippen LogP contribution in [0, 0.1) is 0 Å². The number of rotatable bonds is 5. The third-order valence-corrected chi connectivity index (χ3v) is 2.99. The number of aromatic nitrogens is 2. The maximum atomic E-state index is 11.1. The minimum absolute atomic E-state index is 0.139. The Hall–Kier alpha value is -2.68. The summed E-state index contributed by atoms with van der Waals surface area (Å²) in [6.07, 6.45) is 1.04. The average molecular weight is 321 g/mol. The van der Waals surface area contributed by atoms with Crippen molar-refractivity contribution >= 4 is 38.9 Å². The molecule has 0 radical (unpaired) electrons. The molecule has 0 unspecified atom stereocenters. The molecule has 8 nitrogen and oxygen atoms in total. The number of anilines is 4. The lowest BCUT2D eigenvalue weighted by atomic mass is 10.2. The van der Waals surface area contributed by atoms with E-state index >= 15 is 0 Å². The van der Waals surface area contributed by atoms with Crippen LogP contribution in [0.15, 0.2) is 36.4 Å². The van der Waals surface area contributed by atoms with Crippen LogP contribution in [0.5, 0.6) is 0 Å². The van der Waals surface area contributed by atoms with Crippen molar-refractivity contribution < 1.29 is 13.2 Å². The summed E-state index contributed by atoms with van der Waals surface area (Å²) in [7, 11) is -3.38. The monoisotopic (exact) mass is 321 g/mol. The van der Waals surface area contributed by atoms with Crippen molar-refractivity contribution in [2.45, 2.75) is 6.92 Å². The highest BCUT2D eigenvalue weighted by Gasteiger charge is 2.04. The van der Waals surface area contributed by atoms with Crippen LogP contribution in [0.4, 0.5) is 23.0 Å². The molecule has 2 aromatic rings. The van der Waals surface area contributed by atoms with Gasteiger partial charge in [-0.1, -0.05) is 6.07 Å². The Morgan fingerprint density at radius 2 is 1.68 bits per heavy atom. The molecule has 0 saturated carbocycles. The highest BCUT2D eigenvalue weighted by molar-refractivity contribution is 7.92. The maximum absolute atomic E-state index is 11.1. The van der Waals surface area contributed by atoms with Crippen molar-refractivity contribution in [3.05, 3.63) is 36.4 Å². The fourth-order valence-corrected chi connectivity index (χ4v) is 2.16. The molecule has 116 valence electrons. The number of carbonyl (C=O) groups is 1. The standard InChI is InChI=1S/C13H15N5O3S/c1-9(19)14-10-4-3-5-11(8-10)15-12-6-7-13(17-16-12)18-22(2,20)21/h3-8H,1-2H3,(H,14,19)(H,15,16)(H,17,18). The van der Waals surface area contributed by atoms with E-state index in [1.165, 1.54) is 13.0 Å². The van der Waals surface area contributed by atoms with Crippen LogP contribution in [0.25, 0.3) is 0 Å². The van der Waals surface area contributed by atoms with Crippen molar-refractivity contribution in [3.8, 4) is 0 Å². The summed E-state index contributed by atoms with van der Waals surface area (Å²) < 4.78 is 24.4. The van der Waals surface area contributed by atoms with E-state index in [-0.39, 0.29) is 11.7 Å². The smallest absolute Gasteiger partial charge is 0.231 e. The Balaban J connectivity index is 2.09. The van der Waals surface area contributed by atoms with Gasteiger partial charge in [0.05, 0.1) is 6.26 Å². The highest BCUT2D eigenvalue weighted by atomic mass is 32.2. The SMILES string of the molecule is CC(=O)Nc1cccc(Nc2ccc(NS(C)(=O)=O)nn2)c1. The first-order chi connectivity index (χ1) is 10.3. The van der Waals surface area contributed by atoms with Gasteiger partial charge >= 0.3 is 0 Å². The molecule has 1 amide bonds. The molecule has 0 atom stereocenters. The minimum atomic E-state index is -3.38. The van der Waals surface area contributed by atoms with Gasteiger partial charge in [0.2, 0.25) is 15.9 Å². The van der Waals surface area contributed by atoms with Gasteiger partial charge in [-0.05, 0) is 30.3 Å². The molecule has 0 aliphatic heterocycles. The normalized spacial score (nSPS) is 10.8. The van der Waals surface area contributed by atoms with Crippen LogP contribution in [-0.2, 0) is 14.8 Å². The van der Waals surface area contributed by atoms with Crippen molar-refractivity contribution in [1.29, 1.82) is 0 Å². The molecule has 0 spiro atoms. The third kappa shape index (κ3) is 5.02. The molecule has 0 saturated heterocycles. The number of hydrogen-bond donors (Lipinski definition) is 3. The zero-order valence-electron chi connectivity index (χ0n) is 12.0. The molecule has 1 aromatic carbocycles. The molecular formula is C13H15N5O3S. The zero-order valence-corrected chi connectivity index (χ0v) is 12.8. The Kier molecular flexibility index (Phi) is 4.56. The van der Waals surface area contributed by atoms with Crippen molar-refractivity contribution in [3.63, 3.8) is 0 Å². The van der Waals surface area contributed by atoms with E-state index in [0.717, 1.165) is 6.26 Å². The fraction of sp³-hybridized carbons (Fsp3) is 0.154. The molecule has 2 rings (SSSR count). The molecule has 3 N–H and O–H groups in total. The van der Waals surface area contributed by atoms with Gasteiger partial charge in [-0.25, -0.2) is 8.42 Å². The van der Waals surface area contributed by atoms with E-state index in [1.807, 2.05) is 0 Å². The number of carbonyl (C=O) groups excluding carboxylic acids is 1. The predicted molar refractivity (Wildman–Crippen MR) is 84.5 cm³/mol. The van der Waals surface area contributed by atoms with Gasteiger partial charge in [-0.2, -0.15) is 0 Å². The third-order valence-electron chi connectivity index (χ3n) is 2.41. The van der Waals surface area contributed by atoms with Gasteiger partial charge in [0, 0.05) is 18.3 Å². The van der Waals surface area contributed by atoms with Crippen molar-refractivity contribution in [1.82, 2.24) is 10.2 Å². The van der Waals surface area contributed by atoms with Gasteiger partial charge < -0.3 is 10.6 Å². The summed E-state index contributed by atoms with van der Waals surface area (Å²) in [4.78, 5) is 11.0. The van der Waals surface area contributed by atoms with Crippen LogP contribution in [-0.4, -0.2) is 30.8 Å². The van der Waals surface area contributed by atoms with Gasteiger partial charge in [0.15, 0.2) is 11.6 Å². The van der Waals surface area contributed by atoms with Crippen LogP contribution in [0.2, 0.25) is 0 Å². The number of sulfonamides is 1. The summed E-state index contributed by atoms with van der Waals surface area (Å²) in [5.74, 6) is 0.423. The first-order valence-electron chi connectivity index (χ1n) is 6.28. The quantitative estimate of drug-likeness (QED) is 0.770. The lowest BCUT2D eigenvalue weighted by molar-refractivity contribution is -0.114. The lowest BCUT2D eigenvalue weighted by Crippen LogP contribution is -2.11. The van der Waals surface area contributed by atoms with E-state index in [2.05, 4.69) is 25.6 Å². The molecule has 0 fully saturated rings. The van der Waals surface area contributed by atoms with E-state index < -0.39 is 10.0 Å². The average Bonchev–Trinajstić information content (AvgIpc) is 2.39. The topological polar surface area (TPSA) is 113 Å². The molecule has 1 heterocycles. The maximum Gasteiger partial charge on any atom is 0.231 e. The number of nitrogens with zero attached hydrogens (tertiary/aromatic N) is 2. The number of nitrogens with one attached hydrogen (secondary N) is 3. The Labute approximate surface area is 128 Å². The summed E-state index contributed by atoms with van der Waals surface area (Å²) in [5, 5.41) is 13.3. The van der Waals surface area contributed by atoms with Crippen LogP contribution in [0.3, 0.4) is 0 Å². The minimum Gasteiger partial charge on any atom is -0.339 e. The second kappa shape index (κ2) is 6.39. The van der Waals surface area contributed by atoms with E-state index in [0.29, 0.717) is 17.2 Å². The van der Waals surface area contributed by atoms with Crippen LogP contribution in [0.1, 0.15) is 6.92 Å². The summed E-state index contributed by atoms with van der Waals surface area (Å²) in [5.41, 5.74) is 1.37. The number of benzene rings is 1. The Bertz CT molecular complexity index is 775. The van der Waals surface area contributed by atoms with E-state index in [1.54, 1.807) is 30.3 Å². The number of hydrogen-bond acceptors (Lipinski definition) is 6. The summed E-state index contributed by atoms with van der Waals surface area (Å²) >= 11 is 0. The fourth-order valence-electron chi connectivity index (χ4n) is 1.67. The largest absolute Gasteiger partial charge is 0.339 e. The summed E-state index contributed by atoms with van der Waals surface area (Å²) in [6.45, 7) is 1.43. The van der Waals surface area contributed by atoms with Crippen LogP contribution >= 0.6 is 0 Å². The molecule has 0 aliphatic rings. The zero-order chi connectivity index (χ0) is 16.2. The predicted octanol–water partition coefficient (Wildman–Crippen LogP) is 1.55. The van der Waals surface area contributed by atoms with Gasteiger partial charge in [-0.15, -0.1) is 10.2 Å². The van der Waals surface area contributed by atoms with Crippen LogP contribution < -0.4 is 15.4 Å². The van der Waals surface area contributed by atoms with E-state index in [4.69, 9.17) is 0 Å². The van der Waals surface area contributed by atoms with Gasteiger partial charge in [-0.3, -0.25) is 9.52 Å². The number of amides is 1. The first kappa shape index (κ1) is 15.7. The molecule has 9 heteroatoms. The van der Waals surface area contributed by atoms with Gasteiger partial charge in [0.25, 0.3) is 0 Å². The molecular weight excluding hydrogens is 306 g/mol. The van der Waals surface area contributed by atoms with E-state index in [9.17, 15) is 13.2 Å². The van der Waals surface area contributed by atoms with Crippen molar-refractivity contribution in [2.75, 3.05) is 21.6 Å². The Morgan fingerprint density at radius 3 is 2.27 bits per heavy atom. The lowest BCUT2D eigenvalue weighted by Gasteiger charge is -2.08. The second-order valence-electron chi connectivity index (χ2n) is 4.57. The molecule has 22 heavy (non-hydrogen) atoms. The second-order valence-corrected chi connectivity index (χ2v) is 6.31. The molecule has 1 aromatic heterocycles.